The zero-order valence-corrected chi connectivity index (χ0v) is 14.0. The monoisotopic (exact) mass is 364 g/mol. The van der Waals surface area contributed by atoms with Crippen LogP contribution in [0.1, 0.15) is 5.56 Å². The number of carbonyl (C=O) groups excluding carboxylic acids is 3. The molecular weight excluding hydrogens is 348 g/mol. The highest BCUT2D eigenvalue weighted by molar-refractivity contribution is 8.18. The van der Waals surface area contributed by atoms with Gasteiger partial charge in [0.2, 0.25) is 5.91 Å². The Morgan fingerprint density at radius 2 is 1.92 bits per heavy atom. The molecule has 2 heterocycles. The van der Waals surface area contributed by atoms with Crippen LogP contribution in [0.25, 0.3) is 6.08 Å². The Morgan fingerprint density at radius 3 is 2.60 bits per heavy atom. The summed E-state index contributed by atoms with van der Waals surface area (Å²) in [6.07, 6.45) is 1.43. The molecule has 9 heteroatoms. The smallest absolute Gasteiger partial charge is 0.294 e. The minimum atomic E-state index is -0.552. The molecule has 1 aromatic rings. The van der Waals surface area contributed by atoms with Crippen molar-refractivity contribution < 1.29 is 29.3 Å². The number of carbonyl (C=O) groups is 3. The van der Waals surface area contributed by atoms with E-state index in [2.05, 4.69) is 0 Å². The second-order valence-corrected chi connectivity index (χ2v) is 6.50. The lowest BCUT2D eigenvalue weighted by molar-refractivity contribution is -0.139. The quantitative estimate of drug-likeness (QED) is 0.608. The first-order valence-corrected chi connectivity index (χ1v) is 8.40. The lowest BCUT2D eigenvalue weighted by Gasteiger charge is -2.28. The van der Waals surface area contributed by atoms with E-state index in [0.717, 1.165) is 16.7 Å². The number of hydrogen-bond donors (Lipinski definition) is 2. The van der Waals surface area contributed by atoms with Crippen molar-refractivity contribution in [3.8, 4) is 11.5 Å². The number of thioether (sulfide) groups is 1. The number of phenols is 2. The van der Waals surface area contributed by atoms with E-state index in [0.29, 0.717) is 31.9 Å². The summed E-state index contributed by atoms with van der Waals surface area (Å²) < 4.78 is 5.17. The Labute approximate surface area is 147 Å². The predicted octanol–water partition coefficient (Wildman–Crippen LogP) is 0.993. The van der Waals surface area contributed by atoms with Crippen LogP contribution < -0.4 is 0 Å². The van der Waals surface area contributed by atoms with Gasteiger partial charge in [-0.25, -0.2) is 0 Å². The van der Waals surface area contributed by atoms with Gasteiger partial charge in [-0.3, -0.25) is 19.3 Å². The Kier molecular flexibility index (Phi) is 4.95. The van der Waals surface area contributed by atoms with Crippen LogP contribution in [0, 0.1) is 0 Å². The number of ether oxygens (including phenoxy) is 1. The second-order valence-electron chi connectivity index (χ2n) is 5.51. The van der Waals surface area contributed by atoms with Crippen molar-refractivity contribution in [3.63, 3.8) is 0 Å². The maximum atomic E-state index is 12.4. The number of nitrogens with zero attached hydrogens (tertiary/aromatic N) is 2. The van der Waals surface area contributed by atoms with Gasteiger partial charge < -0.3 is 19.8 Å². The Balaban J connectivity index is 1.72. The molecule has 2 aliphatic rings. The van der Waals surface area contributed by atoms with E-state index in [1.165, 1.54) is 24.3 Å². The van der Waals surface area contributed by atoms with E-state index >= 15 is 0 Å². The molecule has 2 N–H and O–H groups in total. The summed E-state index contributed by atoms with van der Waals surface area (Å²) in [5.74, 6) is -1.45. The molecule has 2 saturated heterocycles. The fourth-order valence-corrected chi connectivity index (χ4v) is 3.30. The van der Waals surface area contributed by atoms with Crippen LogP contribution >= 0.6 is 11.8 Å². The molecule has 0 unspecified atom stereocenters. The zero-order valence-electron chi connectivity index (χ0n) is 13.2. The number of morpholine rings is 1. The molecule has 3 rings (SSSR count). The van der Waals surface area contributed by atoms with Crippen LogP contribution in [-0.2, 0) is 14.3 Å². The summed E-state index contributed by atoms with van der Waals surface area (Å²) >= 11 is 0.734. The third-order valence-electron chi connectivity index (χ3n) is 3.83. The average Bonchev–Trinajstić information content (AvgIpc) is 2.86. The lowest BCUT2D eigenvalue weighted by atomic mass is 10.2. The third kappa shape index (κ3) is 3.77. The molecule has 0 bridgehead atoms. The zero-order chi connectivity index (χ0) is 18.0. The Morgan fingerprint density at radius 1 is 1.20 bits per heavy atom. The molecular formula is C16H16N2O6S. The summed E-state index contributed by atoms with van der Waals surface area (Å²) in [6.45, 7) is 1.47. The third-order valence-corrected chi connectivity index (χ3v) is 4.74. The minimum Gasteiger partial charge on any atom is -0.504 e. The standard InChI is InChI=1S/C16H16N2O6S/c19-11-2-1-10(7-12(11)20)8-13-15(22)18(16(23)25-13)9-14(21)17-3-5-24-6-4-17/h1-2,7-8,19-20H,3-6,9H2/b13-8-. The number of hydrogen-bond acceptors (Lipinski definition) is 7. The van der Waals surface area contributed by atoms with E-state index in [4.69, 9.17) is 4.74 Å². The summed E-state index contributed by atoms with van der Waals surface area (Å²) in [6, 6.07) is 4.07. The minimum absolute atomic E-state index is 0.157. The van der Waals surface area contributed by atoms with Crippen molar-refractivity contribution in [1.29, 1.82) is 0 Å². The van der Waals surface area contributed by atoms with Crippen molar-refractivity contribution in [2.45, 2.75) is 0 Å². The molecule has 0 radical (unpaired) electrons. The highest BCUT2D eigenvalue weighted by atomic mass is 32.2. The number of phenolic OH excluding ortho intramolecular Hbond substituents is 2. The molecule has 3 amide bonds. The fraction of sp³-hybridized carbons (Fsp3) is 0.312. The second kappa shape index (κ2) is 7.16. The van der Waals surface area contributed by atoms with Gasteiger partial charge in [0.1, 0.15) is 6.54 Å². The summed E-state index contributed by atoms with van der Waals surface area (Å²) in [5.41, 5.74) is 0.459. The molecule has 8 nitrogen and oxygen atoms in total. The van der Waals surface area contributed by atoms with Gasteiger partial charge in [0.25, 0.3) is 11.1 Å². The van der Waals surface area contributed by atoms with Gasteiger partial charge in [-0.2, -0.15) is 0 Å². The van der Waals surface area contributed by atoms with Crippen LogP contribution in [0.4, 0.5) is 4.79 Å². The molecule has 25 heavy (non-hydrogen) atoms. The summed E-state index contributed by atoms with van der Waals surface area (Å²) in [7, 11) is 0. The first-order valence-electron chi connectivity index (χ1n) is 7.58. The maximum Gasteiger partial charge on any atom is 0.294 e. The topological polar surface area (TPSA) is 107 Å². The maximum absolute atomic E-state index is 12.4. The van der Waals surface area contributed by atoms with Gasteiger partial charge >= 0.3 is 0 Å². The number of rotatable bonds is 3. The van der Waals surface area contributed by atoms with Crippen LogP contribution in [0.5, 0.6) is 11.5 Å². The van der Waals surface area contributed by atoms with Gasteiger partial charge in [-0.15, -0.1) is 0 Å². The summed E-state index contributed by atoms with van der Waals surface area (Å²) in [4.78, 5) is 39.3. The van der Waals surface area contributed by atoms with Crippen molar-refractivity contribution in [2.75, 3.05) is 32.8 Å². The van der Waals surface area contributed by atoms with Crippen molar-refractivity contribution in [2.24, 2.45) is 0 Å². The largest absolute Gasteiger partial charge is 0.504 e. The van der Waals surface area contributed by atoms with Gasteiger partial charge in [-0.1, -0.05) is 6.07 Å². The normalized spacial score (nSPS) is 19.8. The van der Waals surface area contributed by atoms with Crippen LogP contribution in [0.3, 0.4) is 0 Å². The summed E-state index contributed by atoms with van der Waals surface area (Å²) in [5, 5.41) is 18.3. The van der Waals surface area contributed by atoms with Gasteiger partial charge in [0.15, 0.2) is 11.5 Å². The molecule has 0 spiro atoms. The van der Waals surface area contributed by atoms with Crippen molar-refractivity contribution in [1.82, 2.24) is 9.80 Å². The van der Waals surface area contributed by atoms with Crippen molar-refractivity contribution >= 4 is 34.9 Å². The fourth-order valence-electron chi connectivity index (χ4n) is 2.47. The van der Waals surface area contributed by atoms with Crippen LogP contribution in [-0.4, -0.2) is 69.9 Å². The highest BCUT2D eigenvalue weighted by Crippen LogP contribution is 2.33. The average molecular weight is 364 g/mol. The predicted molar refractivity (Wildman–Crippen MR) is 89.8 cm³/mol. The molecule has 1 aromatic carbocycles. The molecule has 0 saturated carbocycles. The van der Waals surface area contributed by atoms with E-state index < -0.39 is 11.1 Å². The lowest BCUT2D eigenvalue weighted by Crippen LogP contribution is -2.46. The van der Waals surface area contributed by atoms with E-state index in [1.54, 1.807) is 4.90 Å². The SMILES string of the molecule is O=C(CN1C(=O)S/C(=C\c2ccc(O)c(O)c2)C1=O)N1CCOCC1. The van der Waals surface area contributed by atoms with E-state index in [-0.39, 0.29) is 28.9 Å². The molecule has 132 valence electrons. The van der Waals surface area contributed by atoms with E-state index in [1.807, 2.05) is 0 Å². The van der Waals surface area contributed by atoms with Crippen LogP contribution in [0.15, 0.2) is 23.1 Å². The number of imide groups is 1. The number of benzene rings is 1. The molecule has 2 fully saturated rings. The molecule has 2 aliphatic heterocycles. The number of amides is 3. The number of aromatic hydroxyl groups is 2. The van der Waals surface area contributed by atoms with Gasteiger partial charge in [0.05, 0.1) is 18.1 Å². The van der Waals surface area contributed by atoms with E-state index in [9.17, 15) is 24.6 Å². The highest BCUT2D eigenvalue weighted by Gasteiger charge is 2.37. The Bertz CT molecular complexity index is 757. The molecule has 0 atom stereocenters. The Hall–Kier alpha value is -2.52. The first-order chi connectivity index (χ1) is 12.0. The van der Waals surface area contributed by atoms with Crippen molar-refractivity contribution in [3.05, 3.63) is 28.7 Å². The molecule has 0 aromatic heterocycles. The van der Waals surface area contributed by atoms with Gasteiger partial charge in [0, 0.05) is 13.1 Å². The molecule has 0 aliphatic carbocycles. The van der Waals surface area contributed by atoms with Crippen LogP contribution in [0.2, 0.25) is 0 Å². The van der Waals surface area contributed by atoms with Gasteiger partial charge in [-0.05, 0) is 35.5 Å². The first kappa shape index (κ1) is 17.3.